The summed E-state index contributed by atoms with van der Waals surface area (Å²) < 4.78 is 38.2. The van der Waals surface area contributed by atoms with E-state index >= 15 is 0 Å². The second-order valence-corrected chi connectivity index (χ2v) is 4.65. The van der Waals surface area contributed by atoms with Crippen molar-refractivity contribution in [2.45, 2.75) is 32.6 Å². The SMILES string of the molecule is CC(C)[C@H](NCc1cccc(C(=O)O)c1)C(F)(F)F. The molecule has 2 N–H and O–H groups in total. The van der Waals surface area contributed by atoms with Gasteiger partial charge in [0.1, 0.15) is 6.04 Å². The number of hydrogen-bond donors (Lipinski definition) is 2. The van der Waals surface area contributed by atoms with Crippen LogP contribution in [0.25, 0.3) is 0 Å². The minimum absolute atomic E-state index is 0.0243. The Kier molecular flexibility index (Phi) is 4.94. The van der Waals surface area contributed by atoms with E-state index in [2.05, 4.69) is 5.32 Å². The lowest BCUT2D eigenvalue weighted by Crippen LogP contribution is -2.45. The molecule has 6 heteroatoms. The fraction of sp³-hybridized carbons (Fsp3) is 0.462. The molecule has 1 aromatic carbocycles. The molecule has 0 unspecified atom stereocenters. The summed E-state index contributed by atoms with van der Waals surface area (Å²) in [6.45, 7) is 2.95. The molecule has 1 atom stereocenters. The van der Waals surface area contributed by atoms with Crippen LogP contribution in [0.5, 0.6) is 0 Å². The molecule has 1 rings (SSSR count). The monoisotopic (exact) mass is 275 g/mol. The average molecular weight is 275 g/mol. The highest BCUT2D eigenvalue weighted by Gasteiger charge is 2.41. The van der Waals surface area contributed by atoms with E-state index in [4.69, 9.17) is 5.11 Å². The van der Waals surface area contributed by atoms with E-state index in [1.165, 1.54) is 32.0 Å². The zero-order valence-corrected chi connectivity index (χ0v) is 10.7. The van der Waals surface area contributed by atoms with Crippen LogP contribution in [0.1, 0.15) is 29.8 Å². The molecule has 0 aromatic heterocycles. The first kappa shape index (κ1) is 15.5. The second-order valence-electron chi connectivity index (χ2n) is 4.65. The Morgan fingerprint density at radius 3 is 2.47 bits per heavy atom. The molecule has 0 aliphatic rings. The summed E-state index contributed by atoms with van der Waals surface area (Å²) in [5, 5.41) is 11.2. The summed E-state index contributed by atoms with van der Waals surface area (Å²) in [6.07, 6.45) is -4.32. The van der Waals surface area contributed by atoms with Gasteiger partial charge in [0.25, 0.3) is 0 Å². The molecule has 0 amide bonds. The van der Waals surface area contributed by atoms with E-state index in [-0.39, 0.29) is 12.1 Å². The van der Waals surface area contributed by atoms with E-state index in [1.54, 1.807) is 6.07 Å². The maximum absolute atomic E-state index is 12.7. The number of aromatic carboxylic acids is 1. The molecule has 0 saturated carbocycles. The highest BCUT2D eigenvalue weighted by Crippen LogP contribution is 2.25. The molecule has 3 nitrogen and oxygen atoms in total. The maximum Gasteiger partial charge on any atom is 0.404 e. The van der Waals surface area contributed by atoms with Gasteiger partial charge in [-0.2, -0.15) is 13.2 Å². The number of benzene rings is 1. The Bertz CT molecular complexity index is 444. The van der Waals surface area contributed by atoms with Gasteiger partial charge in [0.15, 0.2) is 0 Å². The Hall–Kier alpha value is -1.56. The fourth-order valence-electron chi connectivity index (χ4n) is 1.77. The summed E-state index contributed by atoms with van der Waals surface area (Å²) in [5.41, 5.74) is 0.571. The first-order valence-electron chi connectivity index (χ1n) is 5.84. The second kappa shape index (κ2) is 6.06. The first-order valence-corrected chi connectivity index (χ1v) is 5.84. The molecule has 0 aliphatic carbocycles. The lowest BCUT2D eigenvalue weighted by atomic mass is 10.0. The summed E-state index contributed by atoms with van der Waals surface area (Å²) in [7, 11) is 0. The van der Waals surface area contributed by atoms with Gasteiger partial charge in [-0.15, -0.1) is 0 Å². The minimum atomic E-state index is -4.32. The molecule has 106 valence electrons. The zero-order valence-electron chi connectivity index (χ0n) is 10.7. The summed E-state index contributed by atoms with van der Waals surface area (Å²) in [5.74, 6) is -1.69. The smallest absolute Gasteiger partial charge is 0.404 e. The Labute approximate surface area is 109 Å². The molecular weight excluding hydrogens is 259 g/mol. The number of carboxylic acid groups (broad SMARTS) is 1. The van der Waals surface area contributed by atoms with E-state index in [0.29, 0.717) is 5.56 Å². The molecular formula is C13H16F3NO2. The van der Waals surface area contributed by atoms with Gasteiger partial charge in [0.2, 0.25) is 0 Å². The van der Waals surface area contributed by atoms with Gasteiger partial charge in [-0.1, -0.05) is 26.0 Å². The third kappa shape index (κ3) is 4.55. The van der Waals surface area contributed by atoms with Gasteiger partial charge in [-0.05, 0) is 23.6 Å². The lowest BCUT2D eigenvalue weighted by Gasteiger charge is -2.25. The highest BCUT2D eigenvalue weighted by atomic mass is 19.4. The van der Waals surface area contributed by atoms with E-state index in [9.17, 15) is 18.0 Å². The van der Waals surface area contributed by atoms with Crippen molar-refractivity contribution in [1.29, 1.82) is 0 Å². The maximum atomic E-state index is 12.7. The van der Waals surface area contributed by atoms with Crippen molar-refractivity contribution < 1.29 is 23.1 Å². The number of alkyl halides is 3. The van der Waals surface area contributed by atoms with Crippen LogP contribution in [0.2, 0.25) is 0 Å². The molecule has 0 heterocycles. The largest absolute Gasteiger partial charge is 0.478 e. The molecule has 19 heavy (non-hydrogen) atoms. The van der Waals surface area contributed by atoms with Crippen molar-refractivity contribution >= 4 is 5.97 Å². The third-order valence-corrected chi connectivity index (χ3v) is 2.72. The van der Waals surface area contributed by atoms with Gasteiger partial charge in [0.05, 0.1) is 5.56 Å². The predicted octanol–water partition coefficient (Wildman–Crippen LogP) is 3.06. The van der Waals surface area contributed by atoms with Gasteiger partial charge in [-0.3, -0.25) is 0 Å². The van der Waals surface area contributed by atoms with Crippen LogP contribution in [0.15, 0.2) is 24.3 Å². The van der Waals surface area contributed by atoms with Crippen LogP contribution >= 0.6 is 0 Å². The molecule has 0 aliphatic heterocycles. The standard InChI is InChI=1S/C13H16F3NO2/c1-8(2)11(13(14,15)16)17-7-9-4-3-5-10(6-9)12(18)19/h3-6,8,11,17H,7H2,1-2H3,(H,18,19)/t11-/m0/s1. The van der Waals surface area contributed by atoms with Crippen molar-refractivity contribution in [3.8, 4) is 0 Å². The Balaban J connectivity index is 2.75. The number of carboxylic acids is 1. The summed E-state index contributed by atoms with van der Waals surface area (Å²) >= 11 is 0. The number of carbonyl (C=O) groups is 1. The zero-order chi connectivity index (χ0) is 14.6. The molecule has 1 aromatic rings. The number of halogens is 3. The van der Waals surface area contributed by atoms with E-state index in [1.807, 2.05) is 0 Å². The van der Waals surface area contributed by atoms with Crippen molar-refractivity contribution in [3.63, 3.8) is 0 Å². The van der Waals surface area contributed by atoms with Crippen LogP contribution in [0.3, 0.4) is 0 Å². The van der Waals surface area contributed by atoms with Crippen molar-refractivity contribution in [2.24, 2.45) is 5.92 Å². The molecule has 0 fully saturated rings. The van der Waals surface area contributed by atoms with Gasteiger partial charge >= 0.3 is 12.1 Å². The van der Waals surface area contributed by atoms with E-state index in [0.717, 1.165) is 0 Å². The third-order valence-electron chi connectivity index (χ3n) is 2.72. The van der Waals surface area contributed by atoms with Gasteiger partial charge in [-0.25, -0.2) is 4.79 Å². The van der Waals surface area contributed by atoms with Crippen LogP contribution in [-0.2, 0) is 6.54 Å². The minimum Gasteiger partial charge on any atom is -0.478 e. The van der Waals surface area contributed by atoms with Crippen LogP contribution in [0, 0.1) is 5.92 Å². The Morgan fingerprint density at radius 1 is 1.37 bits per heavy atom. The summed E-state index contributed by atoms with van der Waals surface area (Å²) in [6, 6.07) is 4.26. The Morgan fingerprint density at radius 2 is 2.00 bits per heavy atom. The molecule has 0 spiro atoms. The van der Waals surface area contributed by atoms with E-state index < -0.39 is 24.1 Å². The van der Waals surface area contributed by atoms with Crippen molar-refractivity contribution in [1.82, 2.24) is 5.32 Å². The number of nitrogens with one attached hydrogen (secondary N) is 1. The average Bonchev–Trinajstić information content (AvgIpc) is 2.27. The topological polar surface area (TPSA) is 49.3 Å². The van der Waals surface area contributed by atoms with Crippen LogP contribution in [0.4, 0.5) is 13.2 Å². The predicted molar refractivity (Wildman–Crippen MR) is 64.9 cm³/mol. The van der Waals surface area contributed by atoms with Crippen LogP contribution in [-0.4, -0.2) is 23.3 Å². The quantitative estimate of drug-likeness (QED) is 0.868. The van der Waals surface area contributed by atoms with Crippen molar-refractivity contribution in [3.05, 3.63) is 35.4 Å². The van der Waals surface area contributed by atoms with Gasteiger partial charge < -0.3 is 10.4 Å². The molecule has 0 saturated heterocycles. The molecule has 0 radical (unpaired) electrons. The number of rotatable bonds is 5. The number of hydrogen-bond acceptors (Lipinski definition) is 2. The fourth-order valence-corrected chi connectivity index (χ4v) is 1.77. The lowest BCUT2D eigenvalue weighted by molar-refractivity contribution is -0.165. The summed E-state index contributed by atoms with van der Waals surface area (Å²) in [4.78, 5) is 10.8. The van der Waals surface area contributed by atoms with Crippen LogP contribution < -0.4 is 5.32 Å². The first-order chi connectivity index (χ1) is 8.71. The highest BCUT2D eigenvalue weighted by molar-refractivity contribution is 5.87. The molecule has 0 bridgehead atoms. The normalized spacial score (nSPS) is 13.6. The van der Waals surface area contributed by atoms with Crippen molar-refractivity contribution in [2.75, 3.05) is 0 Å². The van der Waals surface area contributed by atoms with Gasteiger partial charge in [0, 0.05) is 6.54 Å².